The van der Waals surface area contributed by atoms with Crippen LogP contribution in [-0.2, 0) is 11.3 Å². The highest BCUT2D eigenvalue weighted by Crippen LogP contribution is 2.12. The zero-order chi connectivity index (χ0) is 22.1. The van der Waals surface area contributed by atoms with E-state index in [9.17, 15) is 4.79 Å². The van der Waals surface area contributed by atoms with Gasteiger partial charge in [0.25, 0.3) is 0 Å². The van der Waals surface area contributed by atoms with E-state index in [1.807, 2.05) is 41.5 Å². The quantitative estimate of drug-likeness (QED) is 0.233. The number of aryl methyl sites for hydroxylation is 2. The molecule has 1 aliphatic rings. The molecule has 1 fully saturated rings. The minimum atomic E-state index is -0.448. The van der Waals surface area contributed by atoms with Crippen molar-refractivity contribution < 1.29 is 13.9 Å². The number of nitrogens with zero attached hydrogens (tertiary/aromatic N) is 4. The van der Waals surface area contributed by atoms with Crippen molar-refractivity contribution in [1.29, 1.82) is 0 Å². The van der Waals surface area contributed by atoms with Gasteiger partial charge in [0.05, 0.1) is 5.69 Å². The maximum absolute atomic E-state index is 12.1. The van der Waals surface area contributed by atoms with Crippen LogP contribution in [0.3, 0.4) is 0 Å². The van der Waals surface area contributed by atoms with Crippen LogP contribution in [0.5, 0.6) is 0 Å². The molecule has 0 spiro atoms. The molecule has 9 nitrogen and oxygen atoms in total. The van der Waals surface area contributed by atoms with E-state index in [2.05, 4.69) is 25.5 Å². The summed E-state index contributed by atoms with van der Waals surface area (Å²) in [6.07, 6.45) is 0.778. The molecular formula is C21H39IN6O3. The fourth-order valence-electron chi connectivity index (χ4n) is 3.09. The monoisotopic (exact) mass is 550 g/mol. The fourth-order valence-corrected chi connectivity index (χ4v) is 3.09. The summed E-state index contributed by atoms with van der Waals surface area (Å²) in [5.41, 5.74) is 0.459. The van der Waals surface area contributed by atoms with Crippen molar-refractivity contribution in [3.8, 4) is 0 Å². The van der Waals surface area contributed by atoms with Gasteiger partial charge in [0.1, 0.15) is 17.9 Å². The van der Waals surface area contributed by atoms with Gasteiger partial charge in [0, 0.05) is 39.3 Å². The molecule has 0 atom stereocenters. The first-order chi connectivity index (χ1) is 14.2. The van der Waals surface area contributed by atoms with Crippen LogP contribution in [-0.4, -0.2) is 78.3 Å². The predicted molar refractivity (Wildman–Crippen MR) is 133 cm³/mol. The average molecular weight is 550 g/mol. The standard InChI is InChI=1S/C21H38N6O3.HI/c1-7-22-19(24-15-18-25-16(2)17(3)29-18)23-9-8-10-26-11-13-27(14-12-26)20(28)30-21(4,5)6;/h7-15H2,1-6H3,(H2,22,23,24);1H. The topological polar surface area (TPSA) is 95.2 Å². The minimum Gasteiger partial charge on any atom is -0.444 e. The Morgan fingerprint density at radius 1 is 1.19 bits per heavy atom. The predicted octanol–water partition coefficient (Wildman–Crippen LogP) is 2.91. The molecule has 2 heterocycles. The Labute approximate surface area is 203 Å². The Balaban J connectivity index is 0.00000480. The number of halogens is 1. The third-order valence-electron chi connectivity index (χ3n) is 4.76. The molecule has 1 aliphatic heterocycles. The first-order valence-electron chi connectivity index (χ1n) is 10.8. The molecule has 31 heavy (non-hydrogen) atoms. The highest BCUT2D eigenvalue weighted by molar-refractivity contribution is 14.0. The number of aromatic nitrogens is 1. The number of piperazine rings is 1. The van der Waals surface area contributed by atoms with Crippen molar-refractivity contribution in [3.05, 3.63) is 17.3 Å². The summed E-state index contributed by atoms with van der Waals surface area (Å²) in [6.45, 7) is 17.7. The van der Waals surface area contributed by atoms with Gasteiger partial charge in [-0.3, -0.25) is 4.90 Å². The summed E-state index contributed by atoms with van der Waals surface area (Å²) in [4.78, 5) is 25.2. The van der Waals surface area contributed by atoms with E-state index in [4.69, 9.17) is 9.15 Å². The number of carbonyl (C=O) groups excluding carboxylic acids is 1. The van der Waals surface area contributed by atoms with Crippen LogP contribution in [0.1, 0.15) is 51.5 Å². The molecule has 1 saturated heterocycles. The number of hydrogen-bond donors (Lipinski definition) is 2. The lowest BCUT2D eigenvalue weighted by atomic mass is 10.2. The van der Waals surface area contributed by atoms with Crippen molar-refractivity contribution in [2.75, 3.05) is 45.8 Å². The summed E-state index contributed by atoms with van der Waals surface area (Å²) in [5.74, 6) is 2.23. The maximum Gasteiger partial charge on any atom is 0.410 e. The molecule has 0 unspecified atom stereocenters. The molecule has 2 rings (SSSR count). The molecule has 0 saturated carbocycles. The number of ether oxygens (including phenoxy) is 1. The molecule has 0 aliphatic carbocycles. The minimum absolute atomic E-state index is 0. The van der Waals surface area contributed by atoms with E-state index in [-0.39, 0.29) is 30.1 Å². The van der Waals surface area contributed by atoms with Crippen molar-refractivity contribution in [3.63, 3.8) is 0 Å². The lowest BCUT2D eigenvalue weighted by molar-refractivity contribution is 0.0145. The normalized spacial score (nSPS) is 15.4. The molecule has 1 aromatic heterocycles. The van der Waals surface area contributed by atoms with E-state index in [0.717, 1.165) is 56.6 Å². The van der Waals surface area contributed by atoms with Gasteiger partial charge in [0.2, 0.25) is 5.89 Å². The van der Waals surface area contributed by atoms with Crippen molar-refractivity contribution in [2.24, 2.45) is 4.99 Å². The van der Waals surface area contributed by atoms with E-state index in [1.54, 1.807) is 4.90 Å². The molecule has 1 amide bonds. The Bertz CT molecular complexity index is 689. The van der Waals surface area contributed by atoms with Gasteiger partial charge in [-0.15, -0.1) is 24.0 Å². The molecule has 10 heteroatoms. The summed E-state index contributed by atoms with van der Waals surface area (Å²) < 4.78 is 11.0. The number of carbonyl (C=O) groups is 1. The SMILES string of the molecule is CCNC(=NCc1nc(C)c(C)o1)NCCCN1CCN(C(=O)OC(C)(C)C)CC1.I. The molecule has 2 N–H and O–H groups in total. The average Bonchev–Trinajstić information content (AvgIpc) is 3.00. The van der Waals surface area contributed by atoms with Gasteiger partial charge in [-0.2, -0.15) is 0 Å². The summed E-state index contributed by atoms with van der Waals surface area (Å²) in [7, 11) is 0. The summed E-state index contributed by atoms with van der Waals surface area (Å²) >= 11 is 0. The number of guanidine groups is 1. The highest BCUT2D eigenvalue weighted by atomic mass is 127. The van der Waals surface area contributed by atoms with Crippen LogP contribution in [0.4, 0.5) is 4.79 Å². The largest absolute Gasteiger partial charge is 0.444 e. The van der Waals surface area contributed by atoms with Crippen LogP contribution in [0.2, 0.25) is 0 Å². The molecule has 0 radical (unpaired) electrons. The van der Waals surface area contributed by atoms with Crippen LogP contribution >= 0.6 is 24.0 Å². The zero-order valence-corrected chi connectivity index (χ0v) is 22.1. The van der Waals surface area contributed by atoms with Crippen LogP contribution in [0, 0.1) is 13.8 Å². The number of oxazole rings is 1. The Morgan fingerprint density at radius 3 is 2.42 bits per heavy atom. The second-order valence-electron chi connectivity index (χ2n) is 8.53. The van der Waals surface area contributed by atoms with Crippen molar-refractivity contribution in [1.82, 2.24) is 25.4 Å². The van der Waals surface area contributed by atoms with Crippen LogP contribution in [0.25, 0.3) is 0 Å². The number of amides is 1. The van der Waals surface area contributed by atoms with Gasteiger partial charge in [-0.1, -0.05) is 0 Å². The van der Waals surface area contributed by atoms with Gasteiger partial charge in [-0.25, -0.2) is 14.8 Å². The summed E-state index contributed by atoms with van der Waals surface area (Å²) in [5, 5.41) is 6.61. The number of hydrogen-bond acceptors (Lipinski definition) is 6. The Morgan fingerprint density at radius 2 is 1.87 bits per heavy atom. The van der Waals surface area contributed by atoms with Gasteiger partial charge in [-0.05, 0) is 54.5 Å². The molecule has 0 aromatic carbocycles. The van der Waals surface area contributed by atoms with Crippen LogP contribution < -0.4 is 10.6 Å². The lowest BCUT2D eigenvalue weighted by Gasteiger charge is -2.35. The van der Waals surface area contributed by atoms with E-state index >= 15 is 0 Å². The first kappa shape index (κ1) is 27.5. The fraction of sp³-hybridized carbons (Fsp3) is 0.762. The molecule has 1 aromatic rings. The molecule has 178 valence electrons. The highest BCUT2D eigenvalue weighted by Gasteiger charge is 2.25. The van der Waals surface area contributed by atoms with E-state index < -0.39 is 5.60 Å². The van der Waals surface area contributed by atoms with E-state index in [0.29, 0.717) is 25.5 Å². The Hall–Kier alpha value is -1.56. The lowest BCUT2D eigenvalue weighted by Crippen LogP contribution is -2.50. The third kappa shape index (κ3) is 10.1. The molecular weight excluding hydrogens is 511 g/mol. The van der Waals surface area contributed by atoms with Crippen LogP contribution in [0.15, 0.2) is 9.41 Å². The van der Waals surface area contributed by atoms with Crippen molar-refractivity contribution in [2.45, 2.75) is 60.1 Å². The first-order valence-corrected chi connectivity index (χ1v) is 10.8. The van der Waals surface area contributed by atoms with Crippen molar-refractivity contribution >= 4 is 36.0 Å². The number of rotatable bonds is 7. The second-order valence-corrected chi connectivity index (χ2v) is 8.53. The third-order valence-corrected chi connectivity index (χ3v) is 4.76. The zero-order valence-electron chi connectivity index (χ0n) is 19.8. The molecule has 0 bridgehead atoms. The van der Waals surface area contributed by atoms with E-state index in [1.165, 1.54) is 0 Å². The summed E-state index contributed by atoms with van der Waals surface area (Å²) in [6, 6.07) is 0. The number of aliphatic imine (C=N–C) groups is 1. The number of nitrogens with one attached hydrogen (secondary N) is 2. The maximum atomic E-state index is 12.1. The van der Waals surface area contributed by atoms with Gasteiger partial charge >= 0.3 is 6.09 Å². The Kier molecular flexibility index (Phi) is 11.6. The smallest absolute Gasteiger partial charge is 0.410 e. The van der Waals surface area contributed by atoms with Gasteiger partial charge < -0.3 is 24.7 Å². The van der Waals surface area contributed by atoms with Gasteiger partial charge in [0.15, 0.2) is 5.96 Å². The second kappa shape index (κ2) is 13.1.